The highest BCUT2D eigenvalue weighted by atomic mass is 16.4. The van der Waals surface area contributed by atoms with Crippen LogP contribution < -0.4 is 10.5 Å². The van der Waals surface area contributed by atoms with E-state index in [1.165, 1.54) is 0 Å². The van der Waals surface area contributed by atoms with E-state index in [0.717, 1.165) is 36.5 Å². The standard InChI is InChI=1S/C20H22N4O2/c1-13-6-4-8-16-17(13)20(25)26-19(22-16)15-7-5-10-21-18(15)24-11-9-14(12-24)23(2)3/h4-8,10,14H,9,11-12H2,1-3H3/t14-/m0/s1. The third-order valence-electron chi connectivity index (χ3n) is 5.08. The molecule has 0 spiro atoms. The average Bonchev–Trinajstić information content (AvgIpc) is 3.12. The van der Waals surface area contributed by atoms with Gasteiger partial charge in [-0.05, 0) is 51.2 Å². The number of hydrogen-bond acceptors (Lipinski definition) is 6. The number of fused-ring (bicyclic) bond motifs is 1. The Kier molecular flexibility index (Phi) is 4.20. The van der Waals surface area contributed by atoms with Gasteiger partial charge in [0.2, 0.25) is 5.89 Å². The molecule has 6 nitrogen and oxygen atoms in total. The molecule has 0 bridgehead atoms. The third kappa shape index (κ3) is 2.86. The number of hydrogen-bond donors (Lipinski definition) is 0. The van der Waals surface area contributed by atoms with Crippen LogP contribution in [0.5, 0.6) is 0 Å². The number of benzene rings is 1. The van der Waals surface area contributed by atoms with E-state index in [-0.39, 0.29) is 5.63 Å². The van der Waals surface area contributed by atoms with Gasteiger partial charge in [0, 0.05) is 25.3 Å². The van der Waals surface area contributed by atoms with Gasteiger partial charge in [-0.25, -0.2) is 14.8 Å². The number of pyridine rings is 1. The molecule has 1 saturated heterocycles. The van der Waals surface area contributed by atoms with Gasteiger partial charge in [-0.3, -0.25) is 0 Å². The molecule has 1 atom stereocenters. The molecular weight excluding hydrogens is 328 g/mol. The average molecular weight is 350 g/mol. The lowest BCUT2D eigenvalue weighted by molar-refractivity contribution is 0.315. The van der Waals surface area contributed by atoms with Crippen LogP contribution in [0, 0.1) is 6.92 Å². The summed E-state index contributed by atoms with van der Waals surface area (Å²) in [4.78, 5) is 26.2. The third-order valence-corrected chi connectivity index (χ3v) is 5.08. The largest absolute Gasteiger partial charge is 0.403 e. The quantitative estimate of drug-likeness (QED) is 0.724. The first-order valence-corrected chi connectivity index (χ1v) is 8.82. The molecule has 1 aliphatic heterocycles. The lowest BCUT2D eigenvalue weighted by Gasteiger charge is -2.22. The zero-order valence-electron chi connectivity index (χ0n) is 15.3. The Hall–Kier alpha value is -2.73. The summed E-state index contributed by atoms with van der Waals surface area (Å²) in [6.07, 6.45) is 2.85. The first kappa shape index (κ1) is 16.7. The Labute approximate surface area is 152 Å². The first-order valence-electron chi connectivity index (χ1n) is 8.82. The van der Waals surface area contributed by atoms with Crippen molar-refractivity contribution in [3.63, 3.8) is 0 Å². The minimum Gasteiger partial charge on any atom is -0.403 e. The Bertz CT molecular complexity index is 1010. The van der Waals surface area contributed by atoms with Crippen molar-refractivity contribution in [2.45, 2.75) is 19.4 Å². The van der Waals surface area contributed by atoms with Crippen LogP contribution in [0.15, 0.2) is 45.7 Å². The van der Waals surface area contributed by atoms with E-state index >= 15 is 0 Å². The van der Waals surface area contributed by atoms with Gasteiger partial charge in [-0.2, -0.15) is 0 Å². The second-order valence-corrected chi connectivity index (χ2v) is 7.00. The molecule has 0 radical (unpaired) electrons. The number of aromatic nitrogens is 2. The molecule has 0 aliphatic carbocycles. The van der Waals surface area contributed by atoms with Gasteiger partial charge in [-0.15, -0.1) is 0 Å². The minimum absolute atomic E-state index is 0.324. The van der Waals surface area contributed by atoms with E-state index in [9.17, 15) is 4.79 Å². The van der Waals surface area contributed by atoms with Gasteiger partial charge in [0.05, 0.1) is 16.5 Å². The van der Waals surface area contributed by atoms with Crippen molar-refractivity contribution in [3.8, 4) is 11.5 Å². The highest BCUT2D eigenvalue weighted by Crippen LogP contribution is 2.30. The number of rotatable bonds is 3. The summed E-state index contributed by atoms with van der Waals surface area (Å²) in [6, 6.07) is 9.89. The van der Waals surface area contributed by atoms with Gasteiger partial charge in [0.25, 0.3) is 0 Å². The van der Waals surface area contributed by atoms with E-state index in [4.69, 9.17) is 4.42 Å². The Morgan fingerprint density at radius 2 is 2.08 bits per heavy atom. The Morgan fingerprint density at radius 1 is 1.23 bits per heavy atom. The van der Waals surface area contributed by atoms with Crippen LogP contribution in [0.25, 0.3) is 22.4 Å². The summed E-state index contributed by atoms with van der Waals surface area (Å²) in [7, 11) is 4.19. The molecule has 2 aromatic heterocycles. The summed E-state index contributed by atoms with van der Waals surface area (Å²) >= 11 is 0. The van der Waals surface area contributed by atoms with Crippen LogP contribution in [-0.4, -0.2) is 48.1 Å². The summed E-state index contributed by atoms with van der Waals surface area (Å²) in [5, 5.41) is 0.538. The van der Waals surface area contributed by atoms with E-state index in [2.05, 4.69) is 33.9 Å². The Morgan fingerprint density at radius 3 is 2.85 bits per heavy atom. The fourth-order valence-corrected chi connectivity index (χ4v) is 3.57. The van der Waals surface area contributed by atoms with Gasteiger partial charge >= 0.3 is 5.63 Å². The Balaban J connectivity index is 1.80. The molecule has 1 aromatic carbocycles. The van der Waals surface area contributed by atoms with Crippen molar-refractivity contribution in [2.24, 2.45) is 0 Å². The molecule has 26 heavy (non-hydrogen) atoms. The SMILES string of the molecule is Cc1cccc2nc(-c3cccnc3N3CC[C@H](N(C)C)C3)oc(=O)c12. The number of anilines is 1. The van der Waals surface area contributed by atoms with Crippen LogP contribution in [0.1, 0.15) is 12.0 Å². The van der Waals surface area contributed by atoms with Crippen LogP contribution in [-0.2, 0) is 0 Å². The maximum absolute atomic E-state index is 12.5. The van der Waals surface area contributed by atoms with E-state index in [1.807, 2.05) is 37.3 Å². The molecular formula is C20H22N4O2. The lowest BCUT2D eigenvalue weighted by Crippen LogP contribution is -2.31. The fraction of sp³-hybridized carbons (Fsp3) is 0.350. The molecule has 3 aromatic rings. The van der Waals surface area contributed by atoms with Crippen molar-refractivity contribution in [1.29, 1.82) is 0 Å². The molecule has 0 amide bonds. The first-order chi connectivity index (χ1) is 12.5. The monoisotopic (exact) mass is 350 g/mol. The lowest BCUT2D eigenvalue weighted by atomic mass is 10.1. The summed E-state index contributed by atoms with van der Waals surface area (Å²) in [5.74, 6) is 1.14. The van der Waals surface area contributed by atoms with Crippen molar-refractivity contribution in [3.05, 3.63) is 52.5 Å². The van der Waals surface area contributed by atoms with Gasteiger partial charge in [-0.1, -0.05) is 12.1 Å². The van der Waals surface area contributed by atoms with Gasteiger partial charge < -0.3 is 14.2 Å². The highest BCUT2D eigenvalue weighted by molar-refractivity contribution is 5.82. The molecule has 134 valence electrons. The summed E-state index contributed by atoms with van der Waals surface area (Å²) in [5.41, 5.74) is 1.92. The number of aryl methyl sites for hydroxylation is 1. The topological polar surface area (TPSA) is 62.5 Å². The summed E-state index contributed by atoms with van der Waals surface area (Å²) < 4.78 is 5.59. The molecule has 4 rings (SSSR count). The van der Waals surface area contributed by atoms with E-state index < -0.39 is 0 Å². The minimum atomic E-state index is -0.356. The zero-order chi connectivity index (χ0) is 18.3. The maximum atomic E-state index is 12.5. The van der Waals surface area contributed by atoms with Gasteiger partial charge in [0.1, 0.15) is 5.82 Å². The van der Waals surface area contributed by atoms with Crippen LogP contribution in [0.3, 0.4) is 0 Å². The normalized spacial score (nSPS) is 17.4. The predicted molar refractivity (Wildman–Crippen MR) is 103 cm³/mol. The smallest absolute Gasteiger partial charge is 0.347 e. The maximum Gasteiger partial charge on any atom is 0.347 e. The number of likely N-dealkylation sites (N-methyl/N-ethyl adjacent to an activating group) is 1. The number of nitrogens with zero attached hydrogens (tertiary/aromatic N) is 4. The highest BCUT2D eigenvalue weighted by Gasteiger charge is 2.27. The van der Waals surface area contributed by atoms with Crippen LogP contribution >= 0.6 is 0 Å². The van der Waals surface area contributed by atoms with Crippen molar-refractivity contribution < 1.29 is 4.42 Å². The van der Waals surface area contributed by atoms with Crippen LogP contribution in [0.2, 0.25) is 0 Å². The molecule has 0 saturated carbocycles. The van der Waals surface area contributed by atoms with Crippen molar-refractivity contribution in [1.82, 2.24) is 14.9 Å². The zero-order valence-corrected chi connectivity index (χ0v) is 15.3. The second-order valence-electron chi connectivity index (χ2n) is 7.00. The molecule has 3 heterocycles. The second kappa shape index (κ2) is 6.53. The molecule has 1 aliphatic rings. The van der Waals surface area contributed by atoms with Crippen molar-refractivity contribution in [2.75, 3.05) is 32.1 Å². The van der Waals surface area contributed by atoms with Crippen molar-refractivity contribution >= 4 is 16.7 Å². The molecule has 0 unspecified atom stereocenters. The molecule has 6 heteroatoms. The van der Waals surface area contributed by atoms with Gasteiger partial charge in [0.15, 0.2) is 0 Å². The molecule has 0 N–H and O–H groups in total. The molecule has 1 fully saturated rings. The fourth-order valence-electron chi connectivity index (χ4n) is 3.57. The predicted octanol–water partition coefficient (Wildman–Crippen LogP) is 2.70. The van der Waals surface area contributed by atoms with Crippen LogP contribution in [0.4, 0.5) is 5.82 Å². The van der Waals surface area contributed by atoms with E-state index in [0.29, 0.717) is 22.8 Å². The summed E-state index contributed by atoms with van der Waals surface area (Å²) in [6.45, 7) is 3.71. The van der Waals surface area contributed by atoms with E-state index in [1.54, 1.807) is 6.20 Å².